The van der Waals surface area contributed by atoms with Crippen molar-refractivity contribution in [3.05, 3.63) is 35.4 Å². The monoisotopic (exact) mass is 433 g/mol. The topological polar surface area (TPSA) is 92.7 Å². The van der Waals surface area contributed by atoms with Crippen molar-refractivity contribution in [1.82, 2.24) is 5.32 Å². The summed E-state index contributed by atoms with van der Waals surface area (Å²) in [5.74, 6) is -2.19. The van der Waals surface area contributed by atoms with Gasteiger partial charge in [0.05, 0.1) is 6.04 Å². The number of carbonyl (C=O) groups excluding carboxylic acids is 2. The lowest BCUT2D eigenvalue weighted by atomic mass is 9.82. The summed E-state index contributed by atoms with van der Waals surface area (Å²) in [7, 11) is 0. The molecule has 2 N–H and O–H groups in total. The van der Waals surface area contributed by atoms with Gasteiger partial charge in [0, 0.05) is 6.92 Å². The quantitative estimate of drug-likeness (QED) is 0.225. The van der Waals surface area contributed by atoms with E-state index in [1.807, 2.05) is 24.3 Å². The molecular weight excluding hydrogens is 394 g/mol. The molecule has 1 atom stereocenters. The highest BCUT2D eigenvalue weighted by Gasteiger charge is 2.44. The van der Waals surface area contributed by atoms with E-state index in [9.17, 15) is 19.5 Å². The van der Waals surface area contributed by atoms with Crippen molar-refractivity contribution in [3.63, 3.8) is 0 Å². The third-order valence-electron chi connectivity index (χ3n) is 5.97. The number of carboxylic acids is 1. The smallest absolute Gasteiger partial charge is 0.323 e. The second-order valence-corrected chi connectivity index (χ2v) is 8.21. The molecule has 0 radical (unpaired) electrons. The van der Waals surface area contributed by atoms with Crippen LogP contribution >= 0.6 is 0 Å². The Balaban J connectivity index is 2.74. The van der Waals surface area contributed by atoms with Crippen molar-refractivity contribution in [2.24, 2.45) is 5.41 Å². The van der Waals surface area contributed by atoms with E-state index in [1.165, 1.54) is 44.6 Å². The number of aryl methyl sites for hydroxylation is 1. The summed E-state index contributed by atoms with van der Waals surface area (Å²) >= 11 is 0. The first-order valence-corrected chi connectivity index (χ1v) is 11.6. The number of ether oxygens (including phenoxy) is 1. The molecule has 0 fully saturated rings. The number of rotatable bonds is 15. The van der Waals surface area contributed by atoms with Crippen LogP contribution in [0.5, 0.6) is 0 Å². The van der Waals surface area contributed by atoms with Crippen molar-refractivity contribution in [1.29, 1.82) is 0 Å². The standard InChI is InChI=1S/C25H39NO5/c1-5-8-9-10-11-12-13-20-14-16-21(17-15-20)22(26-19(4)27)18-31-24(30)25(6-2,7-3)23(28)29/h14-17,22H,5-13,18H2,1-4H3,(H,26,27)(H,28,29). The van der Waals surface area contributed by atoms with Gasteiger partial charge in [0.2, 0.25) is 5.91 Å². The fraction of sp³-hybridized carbons (Fsp3) is 0.640. The van der Waals surface area contributed by atoms with Gasteiger partial charge in [-0.1, -0.05) is 77.1 Å². The molecule has 1 amide bonds. The molecule has 31 heavy (non-hydrogen) atoms. The minimum Gasteiger partial charge on any atom is -0.480 e. The molecular formula is C25H39NO5. The molecule has 0 aliphatic rings. The Hall–Kier alpha value is -2.37. The Kier molecular flexibility index (Phi) is 11.9. The molecule has 0 bridgehead atoms. The lowest BCUT2D eigenvalue weighted by molar-refractivity contribution is -0.170. The number of esters is 1. The number of benzene rings is 1. The Morgan fingerprint density at radius 2 is 1.55 bits per heavy atom. The van der Waals surface area contributed by atoms with Crippen LogP contribution in [0.4, 0.5) is 0 Å². The second kappa shape index (κ2) is 13.8. The van der Waals surface area contributed by atoms with Gasteiger partial charge in [-0.2, -0.15) is 0 Å². The summed E-state index contributed by atoms with van der Waals surface area (Å²) in [6, 6.07) is 7.43. The first-order valence-electron chi connectivity index (χ1n) is 11.6. The van der Waals surface area contributed by atoms with Crippen molar-refractivity contribution in [2.45, 2.75) is 91.5 Å². The summed E-state index contributed by atoms with van der Waals surface area (Å²) in [4.78, 5) is 35.8. The number of nitrogens with one attached hydrogen (secondary N) is 1. The summed E-state index contributed by atoms with van der Waals surface area (Å²) in [5.41, 5.74) is 0.505. The molecule has 0 aliphatic carbocycles. The van der Waals surface area contributed by atoms with E-state index < -0.39 is 23.4 Å². The molecule has 1 aromatic rings. The summed E-state index contributed by atoms with van der Waals surface area (Å²) < 4.78 is 5.38. The van der Waals surface area contributed by atoms with Crippen LogP contribution in [0.3, 0.4) is 0 Å². The molecule has 1 aromatic carbocycles. The highest BCUT2D eigenvalue weighted by atomic mass is 16.5. The van der Waals surface area contributed by atoms with Crippen LogP contribution in [0, 0.1) is 5.41 Å². The number of carbonyl (C=O) groups is 3. The number of unbranched alkanes of at least 4 members (excludes halogenated alkanes) is 5. The van der Waals surface area contributed by atoms with Gasteiger partial charge >= 0.3 is 11.9 Å². The lowest BCUT2D eigenvalue weighted by Crippen LogP contribution is -2.41. The first kappa shape index (κ1) is 26.7. The van der Waals surface area contributed by atoms with Gasteiger partial charge in [0.1, 0.15) is 6.61 Å². The molecule has 0 spiro atoms. The third-order valence-corrected chi connectivity index (χ3v) is 5.97. The van der Waals surface area contributed by atoms with Crippen molar-refractivity contribution in [2.75, 3.05) is 6.61 Å². The Morgan fingerprint density at radius 1 is 0.968 bits per heavy atom. The molecule has 6 heteroatoms. The molecule has 0 aliphatic heterocycles. The predicted molar refractivity (Wildman–Crippen MR) is 122 cm³/mol. The van der Waals surface area contributed by atoms with Gasteiger partial charge in [0.25, 0.3) is 0 Å². The molecule has 0 heterocycles. The van der Waals surface area contributed by atoms with Crippen LogP contribution < -0.4 is 5.32 Å². The van der Waals surface area contributed by atoms with Gasteiger partial charge in [-0.15, -0.1) is 0 Å². The van der Waals surface area contributed by atoms with Crippen molar-refractivity contribution in [3.8, 4) is 0 Å². The van der Waals surface area contributed by atoms with Crippen LogP contribution in [0.15, 0.2) is 24.3 Å². The number of amides is 1. The van der Waals surface area contributed by atoms with E-state index >= 15 is 0 Å². The minimum absolute atomic E-state index is 0.107. The zero-order chi connectivity index (χ0) is 23.3. The SMILES string of the molecule is CCCCCCCCc1ccc(C(COC(=O)C(CC)(CC)C(=O)O)NC(C)=O)cc1. The maximum absolute atomic E-state index is 12.5. The zero-order valence-electron chi connectivity index (χ0n) is 19.5. The van der Waals surface area contributed by atoms with E-state index in [0.29, 0.717) is 0 Å². The lowest BCUT2D eigenvalue weighted by Gasteiger charge is -2.26. The van der Waals surface area contributed by atoms with E-state index in [-0.39, 0.29) is 25.4 Å². The molecule has 174 valence electrons. The van der Waals surface area contributed by atoms with Gasteiger partial charge < -0.3 is 15.2 Å². The molecule has 0 aromatic heterocycles. The third kappa shape index (κ3) is 8.35. The highest BCUT2D eigenvalue weighted by molar-refractivity contribution is 5.99. The van der Waals surface area contributed by atoms with Crippen LogP contribution in [0.25, 0.3) is 0 Å². The maximum atomic E-state index is 12.5. The fourth-order valence-corrected chi connectivity index (χ4v) is 3.72. The van der Waals surface area contributed by atoms with Crippen LogP contribution in [-0.4, -0.2) is 29.6 Å². The minimum atomic E-state index is -1.55. The summed E-state index contributed by atoms with van der Waals surface area (Å²) in [5, 5.41) is 12.3. The Morgan fingerprint density at radius 3 is 2.06 bits per heavy atom. The number of carboxylic acid groups (broad SMARTS) is 1. The number of aliphatic carboxylic acids is 1. The Bertz CT molecular complexity index is 694. The van der Waals surface area contributed by atoms with E-state index in [0.717, 1.165) is 18.4 Å². The highest BCUT2D eigenvalue weighted by Crippen LogP contribution is 2.29. The van der Waals surface area contributed by atoms with Gasteiger partial charge in [0.15, 0.2) is 5.41 Å². The van der Waals surface area contributed by atoms with Crippen LogP contribution in [0.1, 0.15) is 96.2 Å². The molecule has 0 saturated carbocycles. The van der Waals surface area contributed by atoms with E-state index in [2.05, 4.69) is 12.2 Å². The van der Waals surface area contributed by atoms with Gasteiger partial charge in [-0.25, -0.2) is 0 Å². The summed E-state index contributed by atoms with van der Waals surface area (Å²) in [6.07, 6.45) is 8.81. The normalized spacial score (nSPS) is 12.3. The summed E-state index contributed by atoms with van der Waals surface area (Å²) in [6.45, 7) is 6.83. The average molecular weight is 434 g/mol. The predicted octanol–water partition coefficient (Wildman–Crippen LogP) is 5.20. The van der Waals surface area contributed by atoms with Gasteiger partial charge in [-0.3, -0.25) is 14.4 Å². The maximum Gasteiger partial charge on any atom is 0.323 e. The van der Waals surface area contributed by atoms with Crippen LogP contribution in [0.2, 0.25) is 0 Å². The van der Waals surface area contributed by atoms with E-state index in [4.69, 9.17) is 4.74 Å². The largest absolute Gasteiger partial charge is 0.480 e. The van der Waals surface area contributed by atoms with E-state index in [1.54, 1.807) is 13.8 Å². The molecule has 1 rings (SSSR count). The number of hydrogen-bond donors (Lipinski definition) is 2. The van der Waals surface area contributed by atoms with Crippen molar-refractivity contribution >= 4 is 17.8 Å². The second-order valence-electron chi connectivity index (χ2n) is 8.21. The first-order chi connectivity index (χ1) is 14.8. The van der Waals surface area contributed by atoms with Crippen LogP contribution in [-0.2, 0) is 25.5 Å². The van der Waals surface area contributed by atoms with Crippen molar-refractivity contribution < 1.29 is 24.2 Å². The average Bonchev–Trinajstić information content (AvgIpc) is 2.75. The van der Waals surface area contributed by atoms with Gasteiger partial charge in [-0.05, 0) is 36.8 Å². The molecule has 1 unspecified atom stereocenters. The molecule has 0 saturated heterocycles. The number of hydrogen-bond acceptors (Lipinski definition) is 4. The fourth-order valence-electron chi connectivity index (χ4n) is 3.72. The Labute approximate surface area is 186 Å². The zero-order valence-corrected chi connectivity index (χ0v) is 19.5. The molecule has 6 nitrogen and oxygen atoms in total.